The van der Waals surface area contributed by atoms with Crippen molar-refractivity contribution in [1.82, 2.24) is 10.2 Å². The first-order valence-electron chi connectivity index (χ1n) is 3.83. The van der Waals surface area contributed by atoms with Crippen LogP contribution < -0.4 is 5.43 Å². The summed E-state index contributed by atoms with van der Waals surface area (Å²) in [5, 5.41) is 7.50. The molecule has 13 heavy (non-hydrogen) atoms. The molecule has 0 aliphatic heterocycles. The quantitative estimate of drug-likeness (QED) is 0.751. The van der Waals surface area contributed by atoms with Crippen LogP contribution in [0, 0.1) is 10.6 Å². The van der Waals surface area contributed by atoms with Gasteiger partial charge in [-0.15, -0.1) is 0 Å². The van der Waals surface area contributed by atoms with Crippen molar-refractivity contribution in [2.45, 2.75) is 6.92 Å². The van der Waals surface area contributed by atoms with Gasteiger partial charge >= 0.3 is 0 Å². The van der Waals surface area contributed by atoms with E-state index in [9.17, 15) is 4.79 Å². The Morgan fingerprint density at radius 2 is 2.23 bits per heavy atom. The lowest BCUT2D eigenvalue weighted by atomic mass is 10.1. The smallest absolute Gasteiger partial charge is 0.221 e. The van der Waals surface area contributed by atoms with Crippen LogP contribution in [0.5, 0.6) is 0 Å². The molecule has 0 spiro atoms. The summed E-state index contributed by atoms with van der Waals surface area (Å²) >= 11 is 1.93. The van der Waals surface area contributed by atoms with Crippen molar-refractivity contribution >= 4 is 33.5 Å². The van der Waals surface area contributed by atoms with Gasteiger partial charge in [0.15, 0.2) is 3.70 Å². The van der Waals surface area contributed by atoms with Gasteiger partial charge in [-0.2, -0.15) is 5.10 Å². The second kappa shape index (κ2) is 3.10. The molecular weight excluding hydrogens is 279 g/mol. The monoisotopic (exact) mass is 286 g/mol. The summed E-state index contributed by atoms with van der Waals surface area (Å²) in [6.07, 6.45) is 0. The maximum absolute atomic E-state index is 11.6. The summed E-state index contributed by atoms with van der Waals surface area (Å²) in [5.74, 6) is 0. The molecule has 0 atom stereocenters. The van der Waals surface area contributed by atoms with Gasteiger partial charge in [0.25, 0.3) is 0 Å². The van der Waals surface area contributed by atoms with Crippen molar-refractivity contribution in [2.24, 2.45) is 0 Å². The largest absolute Gasteiger partial charge is 0.286 e. The lowest BCUT2D eigenvalue weighted by Gasteiger charge is -1.99. The summed E-state index contributed by atoms with van der Waals surface area (Å²) in [6, 6.07) is 5.64. The van der Waals surface area contributed by atoms with Gasteiger partial charge in [-0.1, -0.05) is 12.1 Å². The summed E-state index contributed by atoms with van der Waals surface area (Å²) in [4.78, 5) is 11.6. The summed E-state index contributed by atoms with van der Waals surface area (Å²) < 4.78 is 0.482. The van der Waals surface area contributed by atoms with Crippen molar-refractivity contribution in [3.8, 4) is 0 Å². The average Bonchev–Trinajstić information content (AvgIpc) is 2.12. The number of aromatic nitrogens is 2. The average molecular weight is 286 g/mol. The second-order valence-electron chi connectivity index (χ2n) is 2.84. The fourth-order valence-corrected chi connectivity index (χ4v) is 1.68. The van der Waals surface area contributed by atoms with Crippen molar-refractivity contribution in [3.63, 3.8) is 0 Å². The molecule has 0 saturated carbocycles. The Bertz CT molecular complexity index is 518. The molecule has 1 heterocycles. The normalized spacial score (nSPS) is 10.6. The number of aromatic amines is 1. The maximum Gasteiger partial charge on any atom is 0.221 e. The van der Waals surface area contributed by atoms with Crippen LogP contribution in [-0.2, 0) is 0 Å². The molecule has 0 unspecified atom stereocenters. The molecule has 0 radical (unpaired) electrons. The Hall–Kier alpha value is -0.910. The van der Waals surface area contributed by atoms with E-state index in [0.717, 1.165) is 11.1 Å². The Morgan fingerprint density at radius 1 is 1.46 bits per heavy atom. The van der Waals surface area contributed by atoms with E-state index in [2.05, 4.69) is 10.2 Å². The van der Waals surface area contributed by atoms with Crippen LogP contribution in [0.4, 0.5) is 0 Å². The molecule has 2 aromatic rings. The molecule has 1 aromatic carbocycles. The third-order valence-corrected chi connectivity index (χ3v) is 2.70. The van der Waals surface area contributed by atoms with Gasteiger partial charge in [0, 0.05) is 0 Å². The molecule has 2 rings (SSSR count). The predicted octanol–water partition coefficient (Wildman–Crippen LogP) is 1.84. The molecule has 0 saturated heterocycles. The van der Waals surface area contributed by atoms with Crippen molar-refractivity contribution in [1.29, 1.82) is 0 Å². The number of hydrogen-bond acceptors (Lipinski definition) is 2. The molecule has 0 aliphatic rings. The molecule has 1 aromatic heterocycles. The van der Waals surface area contributed by atoms with E-state index in [1.807, 2.05) is 47.7 Å². The number of fused-ring (bicyclic) bond motifs is 1. The van der Waals surface area contributed by atoms with Crippen molar-refractivity contribution < 1.29 is 0 Å². The van der Waals surface area contributed by atoms with E-state index in [0.29, 0.717) is 9.09 Å². The van der Waals surface area contributed by atoms with Gasteiger partial charge in [-0.05, 0) is 41.1 Å². The summed E-state index contributed by atoms with van der Waals surface area (Å²) in [5.41, 5.74) is 1.87. The van der Waals surface area contributed by atoms with Crippen LogP contribution in [0.1, 0.15) is 5.56 Å². The van der Waals surface area contributed by atoms with Gasteiger partial charge in [0.2, 0.25) is 5.43 Å². The highest BCUT2D eigenvalue weighted by Crippen LogP contribution is 2.11. The molecule has 3 nitrogen and oxygen atoms in total. The fraction of sp³-hybridized carbons (Fsp3) is 0.111. The number of hydrogen-bond donors (Lipinski definition) is 1. The Labute approximate surface area is 88.3 Å². The number of rotatable bonds is 0. The second-order valence-corrected chi connectivity index (χ2v) is 3.86. The zero-order valence-corrected chi connectivity index (χ0v) is 9.12. The highest BCUT2D eigenvalue weighted by atomic mass is 127. The SMILES string of the molecule is Cc1cccc2c(=O)c(I)n[nH]c12. The van der Waals surface area contributed by atoms with E-state index >= 15 is 0 Å². The van der Waals surface area contributed by atoms with E-state index in [1.165, 1.54) is 0 Å². The number of aryl methyl sites for hydroxylation is 1. The first-order valence-corrected chi connectivity index (χ1v) is 4.91. The highest BCUT2D eigenvalue weighted by Gasteiger charge is 2.04. The molecule has 0 fully saturated rings. The number of nitrogens with zero attached hydrogens (tertiary/aromatic N) is 1. The molecule has 0 bridgehead atoms. The predicted molar refractivity (Wildman–Crippen MR) is 59.8 cm³/mol. The molecule has 66 valence electrons. The topological polar surface area (TPSA) is 45.8 Å². The number of para-hydroxylation sites is 1. The molecule has 1 N–H and O–H groups in total. The summed E-state index contributed by atoms with van der Waals surface area (Å²) in [7, 11) is 0. The molecular formula is C9H7IN2O. The summed E-state index contributed by atoms with van der Waals surface area (Å²) in [6.45, 7) is 1.95. The first kappa shape index (κ1) is 8.68. The van der Waals surface area contributed by atoms with Crippen LogP contribution >= 0.6 is 22.6 Å². The zero-order chi connectivity index (χ0) is 9.42. The molecule has 0 amide bonds. The van der Waals surface area contributed by atoms with Crippen LogP contribution in [0.25, 0.3) is 10.9 Å². The number of H-pyrrole nitrogens is 1. The van der Waals surface area contributed by atoms with E-state index < -0.39 is 0 Å². The Kier molecular flexibility index (Phi) is 2.07. The van der Waals surface area contributed by atoms with E-state index in [1.54, 1.807) is 0 Å². The maximum atomic E-state index is 11.6. The minimum Gasteiger partial charge on any atom is -0.286 e. The Morgan fingerprint density at radius 3 is 3.00 bits per heavy atom. The third kappa shape index (κ3) is 1.35. The van der Waals surface area contributed by atoms with Crippen molar-refractivity contribution in [2.75, 3.05) is 0 Å². The van der Waals surface area contributed by atoms with Gasteiger partial charge in [0.1, 0.15) is 0 Å². The number of benzene rings is 1. The van der Waals surface area contributed by atoms with Crippen LogP contribution in [0.15, 0.2) is 23.0 Å². The van der Waals surface area contributed by atoms with Crippen molar-refractivity contribution in [3.05, 3.63) is 37.7 Å². The Balaban J connectivity index is 3.03. The van der Waals surface area contributed by atoms with E-state index in [4.69, 9.17) is 0 Å². The minimum atomic E-state index is -0.00181. The van der Waals surface area contributed by atoms with Crippen LogP contribution in [0.3, 0.4) is 0 Å². The minimum absolute atomic E-state index is 0.00181. The molecule has 4 heteroatoms. The third-order valence-electron chi connectivity index (χ3n) is 1.97. The van der Waals surface area contributed by atoms with Gasteiger partial charge in [-0.3, -0.25) is 9.89 Å². The number of halogens is 1. The fourth-order valence-electron chi connectivity index (χ4n) is 1.27. The van der Waals surface area contributed by atoms with Gasteiger partial charge < -0.3 is 0 Å². The van der Waals surface area contributed by atoms with Gasteiger partial charge in [-0.25, -0.2) is 0 Å². The zero-order valence-electron chi connectivity index (χ0n) is 6.97. The molecule has 0 aliphatic carbocycles. The van der Waals surface area contributed by atoms with E-state index in [-0.39, 0.29) is 5.43 Å². The van der Waals surface area contributed by atoms with Crippen LogP contribution in [-0.4, -0.2) is 10.2 Å². The highest BCUT2D eigenvalue weighted by molar-refractivity contribution is 14.1. The standard InChI is InChI=1S/C9H7IN2O/c1-5-3-2-4-6-7(5)11-12-9(10)8(6)13/h2-4H,1H3,(H,11,13). The first-order chi connectivity index (χ1) is 6.20. The van der Waals surface area contributed by atoms with Crippen LogP contribution in [0.2, 0.25) is 0 Å². The number of nitrogens with one attached hydrogen (secondary N) is 1. The van der Waals surface area contributed by atoms with Gasteiger partial charge in [0.05, 0.1) is 10.9 Å². The lowest BCUT2D eigenvalue weighted by Crippen LogP contribution is -2.10. The lowest BCUT2D eigenvalue weighted by molar-refractivity contribution is 1.03.